The number of rotatable bonds is 5. The lowest BCUT2D eigenvalue weighted by atomic mass is 10.2. The summed E-state index contributed by atoms with van der Waals surface area (Å²) < 4.78 is 36.0. The van der Waals surface area contributed by atoms with Crippen LogP contribution in [0.5, 0.6) is 0 Å². The van der Waals surface area contributed by atoms with Gasteiger partial charge < -0.3 is 17.2 Å². The summed E-state index contributed by atoms with van der Waals surface area (Å²) in [5.41, 5.74) is 16.1. The number of amides is 2. The molecular weight excluding hydrogens is 512 g/mol. The van der Waals surface area contributed by atoms with Crippen molar-refractivity contribution in [3.05, 3.63) is 81.9 Å². The minimum atomic E-state index is -5.11. The van der Waals surface area contributed by atoms with Crippen molar-refractivity contribution in [3.8, 4) is 0 Å². The molecule has 2 amide bonds. The average molecular weight is 531 g/mol. The van der Waals surface area contributed by atoms with Gasteiger partial charge in [0, 0.05) is 27.8 Å². The average Bonchev–Trinajstić information content (AvgIpc) is 2.75. The number of carbonyl (C=O) groups is 2. The summed E-state index contributed by atoms with van der Waals surface area (Å²) >= 11 is 11.8. The third kappa shape index (κ3) is 11.7. The van der Waals surface area contributed by atoms with Crippen molar-refractivity contribution < 1.29 is 27.6 Å². The molecule has 2 aromatic carbocycles. The SMILES string of the molecule is N=C(N)N(OC(F)(F)F)C(=O)C=Cc1ccccc1.NC(N)=NC(=O)C=Cc1c(Cl)cccc1Cl. The second kappa shape index (κ2) is 13.7. The van der Waals surface area contributed by atoms with Crippen LogP contribution in [0.1, 0.15) is 11.1 Å². The Hall–Kier alpha value is -3.87. The van der Waals surface area contributed by atoms with E-state index < -0.39 is 24.1 Å². The van der Waals surface area contributed by atoms with Crippen molar-refractivity contribution in [2.24, 2.45) is 22.2 Å². The van der Waals surface area contributed by atoms with Gasteiger partial charge in [-0.3, -0.25) is 15.0 Å². The summed E-state index contributed by atoms with van der Waals surface area (Å²) in [4.78, 5) is 29.2. The first kappa shape index (κ1) is 29.2. The highest BCUT2D eigenvalue weighted by Gasteiger charge is 2.36. The van der Waals surface area contributed by atoms with Crippen LogP contribution in [0, 0.1) is 5.41 Å². The van der Waals surface area contributed by atoms with Crippen LogP contribution in [-0.2, 0) is 14.4 Å². The summed E-state index contributed by atoms with van der Waals surface area (Å²) in [5.74, 6) is -3.25. The maximum Gasteiger partial charge on any atom is 0.544 e. The molecule has 0 fully saturated rings. The minimum absolute atomic E-state index is 0.292. The van der Waals surface area contributed by atoms with Crippen molar-refractivity contribution >= 4 is 59.1 Å². The molecule has 0 heterocycles. The fraction of sp³-hybridized carbons (Fsp3) is 0.0476. The van der Waals surface area contributed by atoms with Crippen molar-refractivity contribution in [2.45, 2.75) is 6.36 Å². The van der Waals surface area contributed by atoms with Crippen molar-refractivity contribution in [1.82, 2.24) is 5.06 Å². The van der Waals surface area contributed by atoms with E-state index in [0.29, 0.717) is 21.2 Å². The zero-order valence-electron chi connectivity index (χ0n) is 17.7. The molecular formula is C21H19Cl2F3N6O3. The fourth-order valence-electron chi connectivity index (χ4n) is 2.10. The quantitative estimate of drug-likeness (QED) is 0.199. The topological polar surface area (TPSA) is 161 Å². The Morgan fingerprint density at radius 3 is 2.00 bits per heavy atom. The molecule has 0 unspecified atom stereocenters. The second-order valence-electron chi connectivity index (χ2n) is 6.14. The standard InChI is InChI=1S/C11H10F3N3O2.C10H9Cl2N3O/c12-11(13,14)19-17(10(15)16)9(18)7-6-8-4-2-1-3-5-8;11-7-2-1-3-8(12)6(7)4-5-9(16)15-10(13)14/h1-7H,(H3,15,16);1-5H,(H4,13,14,15,16). The molecule has 0 spiro atoms. The summed E-state index contributed by atoms with van der Waals surface area (Å²) in [5, 5.41) is 7.41. The molecule has 0 aromatic heterocycles. The summed E-state index contributed by atoms with van der Waals surface area (Å²) in [6.07, 6.45) is -0.366. The van der Waals surface area contributed by atoms with Gasteiger partial charge in [-0.1, -0.05) is 59.6 Å². The first-order chi connectivity index (χ1) is 16.3. The normalized spacial score (nSPS) is 11.0. The van der Waals surface area contributed by atoms with Crippen molar-refractivity contribution in [3.63, 3.8) is 0 Å². The molecule has 186 valence electrons. The lowest BCUT2D eigenvalue weighted by Crippen LogP contribution is -2.43. The van der Waals surface area contributed by atoms with Crippen LogP contribution in [0.4, 0.5) is 13.2 Å². The Morgan fingerprint density at radius 2 is 1.51 bits per heavy atom. The van der Waals surface area contributed by atoms with Crippen molar-refractivity contribution in [1.29, 1.82) is 5.41 Å². The molecule has 0 atom stereocenters. The molecule has 0 saturated heterocycles. The van der Waals surface area contributed by atoms with E-state index in [1.807, 2.05) is 0 Å². The van der Waals surface area contributed by atoms with Crippen LogP contribution in [-0.4, -0.2) is 35.2 Å². The van der Waals surface area contributed by atoms with Gasteiger partial charge in [0.25, 0.3) is 11.8 Å². The lowest BCUT2D eigenvalue weighted by Gasteiger charge is -2.18. The zero-order chi connectivity index (χ0) is 26.6. The number of alkyl halides is 3. The number of nitrogens with zero attached hydrogens (tertiary/aromatic N) is 2. The van der Waals surface area contributed by atoms with Crippen LogP contribution in [0.25, 0.3) is 12.2 Å². The Bertz CT molecular complexity index is 1110. The van der Waals surface area contributed by atoms with E-state index in [1.54, 1.807) is 48.5 Å². The smallest absolute Gasteiger partial charge is 0.370 e. The number of aliphatic imine (C=N–C) groups is 1. The zero-order valence-corrected chi connectivity index (χ0v) is 19.2. The largest absolute Gasteiger partial charge is 0.544 e. The van der Waals surface area contributed by atoms with Gasteiger partial charge in [0.15, 0.2) is 5.96 Å². The number of nitrogens with one attached hydrogen (secondary N) is 1. The minimum Gasteiger partial charge on any atom is -0.370 e. The van der Waals surface area contributed by atoms with Crippen LogP contribution < -0.4 is 17.2 Å². The van der Waals surface area contributed by atoms with E-state index in [2.05, 4.69) is 9.83 Å². The van der Waals surface area contributed by atoms with E-state index >= 15 is 0 Å². The number of nitrogens with two attached hydrogens (primary N) is 3. The number of carbonyl (C=O) groups excluding carboxylic acids is 2. The molecule has 0 radical (unpaired) electrons. The van der Waals surface area contributed by atoms with Gasteiger partial charge in [-0.05, 0) is 29.8 Å². The highest BCUT2D eigenvalue weighted by Crippen LogP contribution is 2.25. The Labute approximate surface area is 207 Å². The van der Waals surface area contributed by atoms with Gasteiger partial charge in [-0.2, -0.15) is 9.83 Å². The Morgan fingerprint density at radius 1 is 0.943 bits per heavy atom. The summed E-state index contributed by atoms with van der Waals surface area (Å²) in [7, 11) is 0. The third-order valence-corrected chi connectivity index (χ3v) is 4.12. The Kier molecular flexibility index (Phi) is 11.5. The Balaban J connectivity index is 0.000000355. The number of benzene rings is 2. The predicted octanol–water partition coefficient (Wildman–Crippen LogP) is 3.68. The number of hydroxylamine groups is 2. The lowest BCUT2D eigenvalue weighted by molar-refractivity contribution is -0.385. The molecule has 2 aromatic rings. The molecule has 7 N–H and O–H groups in total. The van der Waals surface area contributed by atoms with Crippen LogP contribution in [0.2, 0.25) is 10.0 Å². The van der Waals surface area contributed by atoms with Crippen molar-refractivity contribution in [2.75, 3.05) is 0 Å². The van der Waals surface area contributed by atoms with Gasteiger partial charge >= 0.3 is 6.36 Å². The van der Waals surface area contributed by atoms with Crippen LogP contribution in [0.15, 0.2) is 65.7 Å². The van der Waals surface area contributed by atoms with E-state index in [1.165, 1.54) is 18.2 Å². The summed E-state index contributed by atoms with van der Waals surface area (Å²) in [6.45, 7) is 0. The van der Waals surface area contributed by atoms with E-state index in [4.69, 9.17) is 45.8 Å². The number of hydrogen-bond donors (Lipinski definition) is 4. The molecule has 0 bridgehead atoms. The molecule has 2 rings (SSSR count). The van der Waals surface area contributed by atoms with Crippen LogP contribution in [0.3, 0.4) is 0 Å². The number of halogens is 5. The van der Waals surface area contributed by atoms with Gasteiger partial charge in [0.2, 0.25) is 5.96 Å². The number of hydrogen-bond acceptors (Lipinski definition) is 4. The molecule has 14 heteroatoms. The molecule has 0 aliphatic rings. The second-order valence-corrected chi connectivity index (χ2v) is 6.96. The predicted molar refractivity (Wildman–Crippen MR) is 128 cm³/mol. The molecule has 9 nitrogen and oxygen atoms in total. The maximum atomic E-state index is 12.0. The maximum absolute atomic E-state index is 12.0. The first-order valence-corrected chi connectivity index (χ1v) is 9.98. The molecule has 0 aliphatic heterocycles. The number of guanidine groups is 2. The highest BCUT2D eigenvalue weighted by molar-refractivity contribution is 6.37. The molecule has 0 saturated carbocycles. The van der Waals surface area contributed by atoms with Gasteiger partial charge in [-0.15, -0.1) is 18.2 Å². The molecule has 0 aliphatic carbocycles. The van der Waals surface area contributed by atoms with Gasteiger partial charge in [0.1, 0.15) is 0 Å². The van der Waals surface area contributed by atoms with Gasteiger partial charge in [0.05, 0.1) is 0 Å². The third-order valence-electron chi connectivity index (χ3n) is 3.46. The van der Waals surface area contributed by atoms with Gasteiger partial charge in [-0.25, -0.2) is 0 Å². The van der Waals surface area contributed by atoms with E-state index in [-0.39, 0.29) is 11.0 Å². The summed E-state index contributed by atoms with van der Waals surface area (Å²) in [6, 6.07) is 13.5. The fourth-order valence-corrected chi connectivity index (χ4v) is 2.63. The highest BCUT2D eigenvalue weighted by atomic mass is 35.5. The molecule has 35 heavy (non-hydrogen) atoms. The van der Waals surface area contributed by atoms with E-state index in [9.17, 15) is 22.8 Å². The first-order valence-electron chi connectivity index (χ1n) is 9.23. The monoisotopic (exact) mass is 530 g/mol. The van der Waals surface area contributed by atoms with Crippen LogP contribution >= 0.6 is 23.2 Å². The van der Waals surface area contributed by atoms with E-state index in [0.717, 1.165) is 6.08 Å².